The molecule has 2 aromatic heterocycles. The number of hydrogen-bond acceptors (Lipinski definition) is 6. The summed E-state index contributed by atoms with van der Waals surface area (Å²) in [4.78, 5) is 19.4. The van der Waals surface area contributed by atoms with Gasteiger partial charge in [-0.15, -0.1) is 10.2 Å². The van der Waals surface area contributed by atoms with E-state index in [1.54, 1.807) is 12.4 Å². The lowest BCUT2D eigenvalue weighted by Crippen LogP contribution is -2.21. The van der Waals surface area contributed by atoms with Crippen LogP contribution < -0.4 is 10.2 Å². The molecule has 0 spiro atoms. The number of carbonyl (C=O) groups is 1. The molecule has 2 aromatic carbocycles. The van der Waals surface area contributed by atoms with Gasteiger partial charge >= 0.3 is 0 Å². The number of benzene rings is 2. The van der Waals surface area contributed by atoms with Crippen molar-refractivity contribution in [2.75, 3.05) is 29.1 Å². The molecule has 0 bridgehead atoms. The predicted molar refractivity (Wildman–Crippen MR) is 132 cm³/mol. The fourth-order valence-electron chi connectivity index (χ4n) is 3.98. The number of aromatic nitrogens is 4. The highest BCUT2D eigenvalue weighted by atomic mass is 32.2. The number of rotatable bonds is 7. The molecule has 0 saturated carbocycles. The van der Waals surface area contributed by atoms with Crippen LogP contribution in [0.3, 0.4) is 0 Å². The van der Waals surface area contributed by atoms with Gasteiger partial charge in [-0.3, -0.25) is 14.3 Å². The minimum Gasteiger partial charge on any atom is -0.370 e. The second-order valence-corrected chi connectivity index (χ2v) is 8.71. The van der Waals surface area contributed by atoms with Gasteiger partial charge in [0, 0.05) is 36.7 Å². The van der Waals surface area contributed by atoms with Gasteiger partial charge in [-0.1, -0.05) is 42.1 Å². The number of amides is 1. The standard InChI is InChI=1S/C25H24N6OS/c32-23(27-21-12-4-5-13-22(21)30-15-6-7-16-30)18-33-25-29-28-24(19-9-8-14-26-17-19)31(25)20-10-2-1-3-11-20/h1-5,8-14,17H,6-7,15-16,18H2,(H,27,32). The summed E-state index contributed by atoms with van der Waals surface area (Å²) < 4.78 is 1.97. The van der Waals surface area contributed by atoms with Gasteiger partial charge in [0.2, 0.25) is 5.91 Å². The number of hydrogen-bond donors (Lipinski definition) is 1. The molecule has 3 heterocycles. The summed E-state index contributed by atoms with van der Waals surface area (Å²) in [6, 6.07) is 21.7. The summed E-state index contributed by atoms with van der Waals surface area (Å²) in [7, 11) is 0. The number of nitrogens with zero attached hydrogens (tertiary/aromatic N) is 5. The van der Waals surface area contributed by atoms with Crippen molar-refractivity contribution in [3.8, 4) is 17.1 Å². The third-order valence-corrected chi connectivity index (χ3v) is 6.45. The van der Waals surface area contributed by atoms with E-state index in [0.717, 1.165) is 35.7 Å². The Balaban J connectivity index is 1.35. The van der Waals surface area contributed by atoms with Crippen LogP contribution in [-0.2, 0) is 4.79 Å². The van der Waals surface area contributed by atoms with Crippen molar-refractivity contribution in [3.63, 3.8) is 0 Å². The largest absolute Gasteiger partial charge is 0.370 e. The van der Waals surface area contributed by atoms with Crippen LogP contribution in [0.15, 0.2) is 84.3 Å². The van der Waals surface area contributed by atoms with Gasteiger partial charge in [0.05, 0.1) is 17.1 Å². The second kappa shape index (κ2) is 9.87. The van der Waals surface area contributed by atoms with Crippen LogP contribution in [0.4, 0.5) is 11.4 Å². The number of pyridine rings is 1. The van der Waals surface area contributed by atoms with E-state index in [1.807, 2.05) is 65.2 Å². The van der Waals surface area contributed by atoms with Crippen LogP contribution in [0.5, 0.6) is 0 Å². The van der Waals surface area contributed by atoms with Gasteiger partial charge in [-0.25, -0.2) is 0 Å². The molecule has 1 fully saturated rings. The molecule has 1 N–H and O–H groups in total. The molecule has 1 aliphatic rings. The van der Waals surface area contributed by atoms with E-state index in [1.165, 1.54) is 24.6 Å². The topological polar surface area (TPSA) is 75.9 Å². The fraction of sp³-hybridized carbons (Fsp3) is 0.200. The average molecular weight is 457 g/mol. The number of carbonyl (C=O) groups excluding carboxylic acids is 1. The summed E-state index contributed by atoms with van der Waals surface area (Å²) in [5.41, 5.74) is 3.73. The average Bonchev–Trinajstić information content (AvgIpc) is 3.55. The Kier molecular flexibility index (Phi) is 6.34. The van der Waals surface area contributed by atoms with Crippen LogP contribution in [0.2, 0.25) is 0 Å². The Bertz CT molecular complexity index is 1220. The Morgan fingerprint density at radius 3 is 2.52 bits per heavy atom. The number of nitrogens with one attached hydrogen (secondary N) is 1. The van der Waals surface area contributed by atoms with Crippen LogP contribution in [0.1, 0.15) is 12.8 Å². The Morgan fingerprint density at radius 2 is 1.73 bits per heavy atom. The monoisotopic (exact) mass is 456 g/mol. The molecule has 4 aromatic rings. The molecule has 0 unspecified atom stereocenters. The van der Waals surface area contributed by atoms with Crippen LogP contribution >= 0.6 is 11.8 Å². The molecule has 0 radical (unpaired) electrons. The summed E-state index contributed by atoms with van der Waals surface area (Å²) >= 11 is 1.37. The molecule has 0 atom stereocenters. The van der Waals surface area contributed by atoms with Crippen molar-refractivity contribution in [1.82, 2.24) is 19.7 Å². The van der Waals surface area contributed by atoms with E-state index in [0.29, 0.717) is 11.0 Å². The zero-order chi connectivity index (χ0) is 22.5. The third kappa shape index (κ3) is 4.75. The van der Waals surface area contributed by atoms with E-state index >= 15 is 0 Å². The molecule has 0 aliphatic carbocycles. The maximum Gasteiger partial charge on any atom is 0.234 e. The normalized spacial score (nSPS) is 13.3. The SMILES string of the molecule is O=C(CSc1nnc(-c2cccnc2)n1-c1ccccc1)Nc1ccccc1N1CCCC1. The highest BCUT2D eigenvalue weighted by Gasteiger charge is 2.19. The smallest absolute Gasteiger partial charge is 0.234 e. The maximum atomic E-state index is 12.9. The number of thioether (sulfide) groups is 1. The lowest BCUT2D eigenvalue weighted by atomic mass is 10.2. The van der Waals surface area contributed by atoms with E-state index < -0.39 is 0 Å². The lowest BCUT2D eigenvalue weighted by molar-refractivity contribution is -0.113. The molecule has 33 heavy (non-hydrogen) atoms. The van der Waals surface area contributed by atoms with Crippen molar-refractivity contribution < 1.29 is 4.79 Å². The van der Waals surface area contributed by atoms with E-state index in [2.05, 4.69) is 31.5 Å². The van der Waals surface area contributed by atoms with Gasteiger partial charge in [0.25, 0.3) is 0 Å². The van der Waals surface area contributed by atoms with Crippen molar-refractivity contribution in [2.45, 2.75) is 18.0 Å². The molecule has 5 rings (SSSR count). The zero-order valence-corrected chi connectivity index (χ0v) is 18.9. The molecule has 1 amide bonds. The Hall–Kier alpha value is -3.65. The van der Waals surface area contributed by atoms with Gasteiger partial charge in [0.15, 0.2) is 11.0 Å². The second-order valence-electron chi connectivity index (χ2n) is 7.77. The highest BCUT2D eigenvalue weighted by Crippen LogP contribution is 2.30. The van der Waals surface area contributed by atoms with Gasteiger partial charge in [0.1, 0.15) is 0 Å². The molecule has 1 aliphatic heterocycles. The third-order valence-electron chi connectivity index (χ3n) is 5.52. The van der Waals surface area contributed by atoms with Crippen molar-refractivity contribution in [3.05, 3.63) is 79.1 Å². The molecule has 166 valence electrons. The summed E-state index contributed by atoms with van der Waals surface area (Å²) in [6.45, 7) is 2.05. The summed E-state index contributed by atoms with van der Waals surface area (Å²) in [5, 5.41) is 12.5. The first-order chi connectivity index (χ1) is 16.3. The first kappa shape index (κ1) is 21.2. The Labute approximate surface area is 196 Å². The minimum absolute atomic E-state index is 0.0720. The molecule has 1 saturated heterocycles. The van der Waals surface area contributed by atoms with Crippen LogP contribution in [0, 0.1) is 0 Å². The molecular weight excluding hydrogens is 432 g/mol. The van der Waals surface area contributed by atoms with E-state index in [-0.39, 0.29) is 11.7 Å². The van der Waals surface area contributed by atoms with E-state index in [9.17, 15) is 4.79 Å². The van der Waals surface area contributed by atoms with Crippen molar-refractivity contribution in [1.29, 1.82) is 0 Å². The summed E-state index contributed by atoms with van der Waals surface area (Å²) in [5.74, 6) is 0.848. The van der Waals surface area contributed by atoms with Crippen molar-refractivity contribution in [2.24, 2.45) is 0 Å². The zero-order valence-electron chi connectivity index (χ0n) is 18.1. The number of anilines is 2. The first-order valence-corrected chi connectivity index (χ1v) is 12.0. The van der Waals surface area contributed by atoms with Crippen molar-refractivity contribution >= 4 is 29.0 Å². The lowest BCUT2D eigenvalue weighted by Gasteiger charge is -2.21. The molecule has 7 nitrogen and oxygen atoms in total. The fourth-order valence-corrected chi connectivity index (χ4v) is 4.74. The molecule has 8 heteroatoms. The summed E-state index contributed by atoms with van der Waals surface area (Å²) in [6.07, 6.45) is 5.87. The maximum absolute atomic E-state index is 12.9. The Morgan fingerprint density at radius 1 is 0.939 bits per heavy atom. The highest BCUT2D eigenvalue weighted by molar-refractivity contribution is 7.99. The van der Waals surface area contributed by atoms with Crippen LogP contribution in [-0.4, -0.2) is 44.5 Å². The predicted octanol–water partition coefficient (Wildman–Crippen LogP) is 4.66. The van der Waals surface area contributed by atoms with E-state index in [4.69, 9.17) is 0 Å². The molecular formula is C25H24N6OS. The van der Waals surface area contributed by atoms with Gasteiger partial charge < -0.3 is 10.2 Å². The van der Waals surface area contributed by atoms with Crippen LogP contribution in [0.25, 0.3) is 17.1 Å². The minimum atomic E-state index is -0.0720. The van der Waals surface area contributed by atoms with Gasteiger partial charge in [-0.05, 0) is 49.2 Å². The first-order valence-electron chi connectivity index (χ1n) is 11.0. The van der Waals surface area contributed by atoms with Gasteiger partial charge in [-0.2, -0.15) is 0 Å². The number of para-hydroxylation sites is 3. The quantitative estimate of drug-likeness (QED) is 0.408.